The van der Waals surface area contributed by atoms with E-state index in [-0.39, 0.29) is 11.4 Å². The van der Waals surface area contributed by atoms with Gasteiger partial charge in [-0.3, -0.25) is 10.1 Å². The molecular formula is C18H11FN4O2. The van der Waals surface area contributed by atoms with Crippen molar-refractivity contribution in [3.8, 4) is 16.8 Å². The SMILES string of the molecule is O=[N+]([O-])c1ccc(F)c(-n2cc3cc(-c4ccccc4)cnc3n2)c1. The molecule has 0 amide bonds. The van der Waals surface area contributed by atoms with Crippen molar-refractivity contribution in [1.82, 2.24) is 14.8 Å². The zero-order valence-electron chi connectivity index (χ0n) is 12.8. The fourth-order valence-electron chi connectivity index (χ4n) is 2.62. The normalized spacial score (nSPS) is 10.9. The number of aromatic nitrogens is 3. The van der Waals surface area contributed by atoms with Gasteiger partial charge in [0.15, 0.2) is 5.65 Å². The van der Waals surface area contributed by atoms with Crippen LogP contribution in [0.5, 0.6) is 0 Å². The molecule has 0 aliphatic heterocycles. The lowest BCUT2D eigenvalue weighted by atomic mass is 10.1. The van der Waals surface area contributed by atoms with Crippen molar-refractivity contribution in [2.45, 2.75) is 0 Å². The molecule has 0 aliphatic carbocycles. The third-order valence-corrected chi connectivity index (χ3v) is 3.85. The number of non-ortho nitro benzene ring substituents is 1. The van der Waals surface area contributed by atoms with Crippen molar-refractivity contribution in [1.29, 1.82) is 0 Å². The molecule has 0 fully saturated rings. The van der Waals surface area contributed by atoms with Crippen LogP contribution in [0.25, 0.3) is 27.8 Å². The van der Waals surface area contributed by atoms with Crippen molar-refractivity contribution in [2.24, 2.45) is 0 Å². The van der Waals surface area contributed by atoms with Crippen molar-refractivity contribution in [2.75, 3.05) is 0 Å². The highest BCUT2D eigenvalue weighted by Crippen LogP contribution is 2.25. The van der Waals surface area contributed by atoms with E-state index in [9.17, 15) is 14.5 Å². The van der Waals surface area contributed by atoms with Crippen molar-refractivity contribution >= 4 is 16.7 Å². The first-order valence-corrected chi connectivity index (χ1v) is 7.47. The van der Waals surface area contributed by atoms with Gasteiger partial charge in [-0.2, -0.15) is 0 Å². The first-order chi connectivity index (χ1) is 12.1. The number of nitrogens with zero attached hydrogens (tertiary/aromatic N) is 4. The maximum Gasteiger partial charge on any atom is 0.271 e. The number of halogens is 1. The number of rotatable bonds is 3. The van der Waals surface area contributed by atoms with E-state index in [4.69, 9.17) is 0 Å². The Morgan fingerprint density at radius 1 is 1.04 bits per heavy atom. The fourth-order valence-corrected chi connectivity index (χ4v) is 2.62. The molecule has 7 heteroatoms. The Labute approximate surface area is 141 Å². The van der Waals surface area contributed by atoms with Crippen molar-refractivity contribution in [3.63, 3.8) is 0 Å². The molecule has 2 aromatic heterocycles. The quantitative estimate of drug-likeness (QED) is 0.417. The van der Waals surface area contributed by atoms with E-state index in [1.54, 1.807) is 12.4 Å². The zero-order valence-corrected chi connectivity index (χ0v) is 12.8. The summed E-state index contributed by atoms with van der Waals surface area (Å²) in [5, 5.41) is 15.8. The minimum Gasteiger partial charge on any atom is -0.258 e. The summed E-state index contributed by atoms with van der Waals surface area (Å²) in [6.45, 7) is 0. The van der Waals surface area contributed by atoms with Gasteiger partial charge in [0.25, 0.3) is 5.69 Å². The number of nitro benzene ring substituents is 1. The Morgan fingerprint density at radius 2 is 1.84 bits per heavy atom. The number of hydrogen-bond acceptors (Lipinski definition) is 4. The highest BCUT2D eigenvalue weighted by Gasteiger charge is 2.14. The van der Waals surface area contributed by atoms with Gasteiger partial charge in [0.1, 0.15) is 11.5 Å². The van der Waals surface area contributed by atoms with Crippen LogP contribution in [0.3, 0.4) is 0 Å². The number of benzene rings is 2. The minimum absolute atomic E-state index is 0.00783. The molecule has 122 valence electrons. The van der Waals surface area contributed by atoms with Gasteiger partial charge in [0.05, 0.1) is 4.92 Å². The van der Waals surface area contributed by atoms with Crippen LogP contribution in [0.2, 0.25) is 0 Å². The Balaban J connectivity index is 1.82. The Hall–Kier alpha value is -3.61. The van der Waals surface area contributed by atoms with Crippen LogP contribution in [0.15, 0.2) is 67.0 Å². The average molecular weight is 334 g/mol. The second kappa shape index (κ2) is 5.79. The first-order valence-electron chi connectivity index (χ1n) is 7.47. The molecule has 0 radical (unpaired) electrons. The monoisotopic (exact) mass is 334 g/mol. The summed E-state index contributed by atoms with van der Waals surface area (Å²) in [6.07, 6.45) is 3.30. The second-order valence-electron chi connectivity index (χ2n) is 5.47. The van der Waals surface area contributed by atoms with Gasteiger partial charge in [0, 0.05) is 35.5 Å². The highest BCUT2D eigenvalue weighted by molar-refractivity contribution is 5.80. The molecule has 0 aliphatic rings. The molecular weight excluding hydrogens is 323 g/mol. The summed E-state index contributed by atoms with van der Waals surface area (Å²) in [7, 11) is 0. The maximum atomic E-state index is 14.1. The zero-order chi connectivity index (χ0) is 17.4. The lowest BCUT2D eigenvalue weighted by Crippen LogP contribution is -2.00. The highest BCUT2D eigenvalue weighted by atomic mass is 19.1. The molecule has 4 rings (SSSR count). The molecule has 25 heavy (non-hydrogen) atoms. The number of hydrogen-bond donors (Lipinski definition) is 0. The van der Waals surface area contributed by atoms with Crippen molar-refractivity contribution in [3.05, 3.63) is 82.9 Å². The molecule has 0 bridgehead atoms. The van der Waals surface area contributed by atoms with E-state index >= 15 is 0 Å². The van der Waals surface area contributed by atoms with Gasteiger partial charge in [0.2, 0.25) is 0 Å². The minimum atomic E-state index is -0.596. The van der Waals surface area contributed by atoms with E-state index in [2.05, 4.69) is 10.1 Å². The third-order valence-electron chi connectivity index (χ3n) is 3.85. The summed E-state index contributed by atoms with van der Waals surface area (Å²) in [6, 6.07) is 15.0. The largest absolute Gasteiger partial charge is 0.271 e. The smallest absolute Gasteiger partial charge is 0.258 e. The molecule has 0 N–H and O–H groups in total. The van der Waals surface area contributed by atoms with Gasteiger partial charge in [-0.05, 0) is 17.7 Å². The molecule has 2 heterocycles. The van der Waals surface area contributed by atoms with Crippen LogP contribution in [0.1, 0.15) is 0 Å². The van der Waals surface area contributed by atoms with Gasteiger partial charge in [-0.15, -0.1) is 5.10 Å². The van der Waals surface area contributed by atoms with Crippen LogP contribution < -0.4 is 0 Å². The lowest BCUT2D eigenvalue weighted by Gasteiger charge is -2.02. The van der Waals surface area contributed by atoms with E-state index in [0.717, 1.165) is 29.3 Å². The fraction of sp³-hybridized carbons (Fsp3) is 0. The summed E-state index contributed by atoms with van der Waals surface area (Å²) in [4.78, 5) is 14.6. The Morgan fingerprint density at radius 3 is 2.60 bits per heavy atom. The predicted octanol–water partition coefficient (Wildman–Crippen LogP) is 4.13. The summed E-state index contributed by atoms with van der Waals surface area (Å²) in [5.41, 5.74) is 2.16. The number of pyridine rings is 1. The maximum absolute atomic E-state index is 14.1. The average Bonchev–Trinajstić information content (AvgIpc) is 3.05. The summed E-state index contributed by atoms with van der Waals surface area (Å²) >= 11 is 0. The standard InChI is InChI=1S/C18H11FN4O2/c19-16-7-6-15(23(24)25)9-17(16)22-11-14-8-13(10-20-18(14)21-22)12-4-2-1-3-5-12/h1-11H. The summed E-state index contributed by atoms with van der Waals surface area (Å²) < 4.78 is 15.4. The molecule has 2 aromatic carbocycles. The predicted molar refractivity (Wildman–Crippen MR) is 90.9 cm³/mol. The van der Waals surface area contributed by atoms with E-state index in [0.29, 0.717) is 11.0 Å². The molecule has 0 atom stereocenters. The lowest BCUT2D eigenvalue weighted by molar-refractivity contribution is -0.384. The van der Waals surface area contributed by atoms with Gasteiger partial charge < -0.3 is 0 Å². The van der Waals surface area contributed by atoms with Crippen LogP contribution in [-0.4, -0.2) is 19.7 Å². The van der Waals surface area contributed by atoms with Crippen LogP contribution in [0, 0.1) is 15.9 Å². The topological polar surface area (TPSA) is 73.8 Å². The third kappa shape index (κ3) is 2.72. The van der Waals surface area contributed by atoms with Crippen LogP contribution in [0.4, 0.5) is 10.1 Å². The molecule has 0 saturated heterocycles. The molecule has 0 unspecified atom stereocenters. The van der Waals surface area contributed by atoms with Gasteiger partial charge in [-0.1, -0.05) is 30.3 Å². The Kier molecular flexibility index (Phi) is 3.46. The van der Waals surface area contributed by atoms with Crippen LogP contribution in [-0.2, 0) is 0 Å². The van der Waals surface area contributed by atoms with Gasteiger partial charge in [-0.25, -0.2) is 14.1 Å². The molecule has 0 spiro atoms. The first kappa shape index (κ1) is 14.9. The number of fused-ring (bicyclic) bond motifs is 1. The molecule has 0 saturated carbocycles. The van der Waals surface area contributed by atoms with Crippen LogP contribution >= 0.6 is 0 Å². The molecule has 4 aromatic rings. The van der Waals surface area contributed by atoms with E-state index < -0.39 is 10.7 Å². The molecule has 6 nitrogen and oxygen atoms in total. The van der Waals surface area contributed by atoms with E-state index in [1.165, 1.54) is 4.68 Å². The summed E-state index contributed by atoms with van der Waals surface area (Å²) in [5.74, 6) is -0.596. The van der Waals surface area contributed by atoms with E-state index in [1.807, 2.05) is 36.4 Å². The Bertz CT molecular complexity index is 1090. The van der Waals surface area contributed by atoms with Gasteiger partial charge >= 0.3 is 0 Å². The second-order valence-corrected chi connectivity index (χ2v) is 5.47. The van der Waals surface area contributed by atoms with Crippen molar-refractivity contribution < 1.29 is 9.31 Å². The number of nitro groups is 1.